The number of hydrogen-bond donors (Lipinski definition) is 0. The van der Waals surface area contributed by atoms with Crippen LogP contribution in [-0.4, -0.2) is 36.3 Å². The summed E-state index contributed by atoms with van der Waals surface area (Å²) in [5.41, 5.74) is 9.18. The van der Waals surface area contributed by atoms with E-state index in [1.54, 1.807) is 0 Å². The fourth-order valence-corrected chi connectivity index (χ4v) is 2.07. The van der Waals surface area contributed by atoms with Crippen LogP contribution in [0, 0.1) is 0 Å². The molecule has 1 fully saturated rings. The minimum absolute atomic E-state index is 0.0999. The van der Waals surface area contributed by atoms with E-state index >= 15 is 0 Å². The van der Waals surface area contributed by atoms with Crippen molar-refractivity contribution in [1.82, 2.24) is 4.90 Å². The highest BCUT2D eigenvalue weighted by Gasteiger charge is 2.31. The Balaban J connectivity index is 1.83. The van der Waals surface area contributed by atoms with Crippen molar-refractivity contribution >= 4 is 6.09 Å². The molecule has 0 radical (unpaired) electrons. The molecule has 2 atom stereocenters. The molecule has 0 aromatic heterocycles. The molecule has 0 N–H and O–H groups in total. The van der Waals surface area contributed by atoms with Crippen molar-refractivity contribution in [2.45, 2.75) is 25.2 Å². The number of piperidine rings is 1. The molecule has 7 heteroatoms. The zero-order valence-corrected chi connectivity index (χ0v) is 10.9. The molecule has 1 aromatic carbocycles. The normalized spacial score (nSPS) is 21.9. The van der Waals surface area contributed by atoms with Crippen LogP contribution in [0.5, 0.6) is 0 Å². The Morgan fingerprint density at radius 2 is 2.25 bits per heavy atom. The Kier molecular flexibility index (Phi) is 4.79. The first kappa shape index (κ1) is 14.1. The number of benzene rings is 1. The molecule has 0 spiro atoms. The molecule has 1 aromatic rings. The molecule has 0 bridgehead atoms. The first-order chi connectivity index (χ1) is 9.70. The van der Waals surface area contributed by atoms with Gasteiger partial charge in [-0.1, -0.05) is 35.4 Å². The lowest BCUT2D eigenvalue weighted by molar-refractivity contribution is 0.0660. The molecule has 0 unspecified atom stereocenters. The molecule has 20 heavy (non-hydrogen) atoms. The number of hydrogen-bond acceptors (Lipinski definition) is 3. The zero-order valence-electron chi connectivity index (χ0n) is 10.9. The third-order valence-corrected chi connectivity index (χ3v) is 3.17. The Labute approximate surface area is 115 Å². The minimum Gasteiger partial charge on any atom is -0.445 e. The van der Waals surface area contributed by atoms with Gasteiger partial charge in [0.2, 0.25) is 0 Å². The lowest BCUT2D eigenvalue weighted by Crippen LogP contribution is -2.46. The summed E-state index contributed by atoms with van der Waals surface area (Å²) in [5, 5.41) is 3.38. The maximum Gasteiger partial charge on any atom is 0.410 e. The standard InChI is InChI=1S/C13H15FN4O2/c14-11-8-18(7-6-12(11)16-17-15)13(19)20-9-10-4-2-1-3-5-10/h1-5,11-12H,6-9H2/t11-,12+/m0/s1. The first-order valence-corrected chi connectivity index (χ1v) is 6.34. The quantitative estimate of drug-likeness (QED) is 0.484. The highest BCUT2D eigenvalue weighted by Crippen LogP contribution is 2.18. The van der Waals surface area contributed by atoms with Gasteiger partial charge in [0.25, 0.3) is 0 Å². The second kappa shape index (κ2) is 6.77. The monoisotopic (exact) mass is 278 g/mol. The molecule has 0 aliphatic carbocycles. The number of halogens is 1. The second-order valence-electron chi connectivity index (χ2n) is 4.56. The van der Waals surface area contributed by atoms with Gasteiger partial charge in [-0.25, -0.2) is 9.18 Å². The maximum atomic E-state index is 13.7. The van der Waals surface area contributed by atoms with Crippen LogP contribution in [0.25, 0.3) is 10.4 Å². The smallest absolute Gasteiger partial charge is 0.410 e. The lowest BCUT2D eigenvalue weighted by Gasteiger charge is -2.31. The third kappa shape index (κ3) is 3.61. The van der Waals surface area contributed by atoms with Crippen molar-refractivity contribution in [1.29, 1.82) is 0 Å². The maximum absolute atomic E-state index is 13.7. The van der Waals surface area contributed by atoms with Gasteiger partial charge in [-0.05, 0) is 17.5 Å². The summed E-state index contributed by atoms with van der Waals surface area (Å²) in [4.78, 5) is 15.7. The molecule has 1 amide bonds. The van der Waals surface area contributed by atoms with Gasteiger partial charge in [0.05, 0.1) is 12.6 Å². The number of azide groups is 1. The van der Waals surface area contributed by atoms with E-state index in [4.69, 9.17) is 10.3 Å². The molecule has 2 rings (SSSR count). The molecule has 6 nitrogen and oxygen atoms in total. The predicted molar refractivity (Wildman–Crippen MR) is 70.6 cm³/mol. The van der Waals surface area contributed by atoms with Gasteiger partial charge in [0, 0.05) is 11.5 Å². The largest absolute Gasteiger partial charge is 0.445 e. The van der Waals surface area contributed by atoms with E-state index in [2.05, 4.69) is 10.0 Å². The number of rotatable bonds is 3. The number of amides is 1. The SMILES string of the molecule is [N-]=[N+]=N[C@@H]1CCN(C(=O)OCc2ccccc2)C[C@@H]1F. The van der Waals surface area contributed by atoms with Crippen LogP contribution in [0.3, 0.4) is 0 Å². The highest BCUT2D eigenvalue weighted by atomic mass is 19.1. The fraction of sp³-hybridized carbons (Fsp3) is 0.462. The van der Waals surface area contributed by atoms with Gasteiger partial charge in [0.1, 0.15) is 12.8 Å². The average molecular weight is 278 g/mol. The van der Waals surface area contributed by atoms with Gasteiger partial charge in [0.15, 0.2) is 0 Å². The molecular formula is C13H15FN4O2. The first-order valence-electron chi connectivity index (χ1n) is 6.34. The van der Waals surface area contributed by atoms with E-state index in [0.29, 0.717) is 13.0 Å². The van der Waals surface area contributed by atoms with Crippen molar-refractivity contribution in [3.8, 4) is 0 Å². The zero-order chi connectivity index (χ0) is 14.4. The number of nitrogens with zero attached hydrogens (tertiary/aromatic N) is 4. The van der Waals surface area contributed by atoms with Gasteiger partial charge < -0.3 is 9.64 Å². The van der Waals surface area contributed by atoms with Crippen LogP contribution >= 0.6 is 0 Å². The average Bonchev–Trinajstić information content (AvgIpc) is 2.48. The van der Waals surface area contributed by atoms with Gasteiger partial charge in [-0.3, -0.25) is 0 Å². The van der Waals surface area contributed by atoms with Crippen LogP contribution in [0.2, 0.25) is 0 Å². The van der Waals surface area contributed by atoms with Crippen molar-refractivity contribution in [2.24, 2.45) is 5.11 Å². The Morgan fingerprint density at radius 1 is 1.50 bits per heavy atom. The van der Waals surface area contributed by atoms with Crippen molar-refractivity contribution in [3.05, 3.63) is 46.3 Å². The Bertz CT molecular complexity index is 504. The van der Waals surface area contributed by atoms with E-state index in [1.807, 2.05) is 30.3 Å². The summed E-state index contributed by atoms with van der Waals surface area (Å²) in [5.74, 6) is 0. The third-order valence-electron chi connectivity index (χ3n) is 3.17. The van der Waals surface area contributed by atoms with Crippen LogP contribution in [0.4, 0.5) is 9.18 Å². The summed E-state index contributed by atoms with van der Waals surface area (Å²) in [6.45, 7) is 0.391. The van der Waals surface area contributed by atoms with Crippen LogP contribution < -0.4 is 0 Å². The molecule has 1 heterocycles. The van der Waals surface area contributed by atoms with E-state index in [0.717, 1.165) is 5.56 Å². The molecular weight excluding hydrogens is 263 g/mol. The summed E-state index contributed by atoms with van der Waals surface area (Å²) >= 11 is 0. The van der Waals surface area contributed by atoms with Gasteiger partial charge in [-0.15, -0.1) is 0 Å². The van der Waals surface area contributed by atoms with Crippen molar-refractivity contribution in [2.75, 3.05) is 13.1 Å². The molecule has 1 aliphatic heterocycles. The Morgan fingerprint density at radius 3 is 2.90 bits per heavy atom. The summed E-state index contributed by atoms with van der Waals surface area (Å²) in [6, 6.07) is 8.58. The van der Waals surface area contributed by atoms with Crippen molar-refractivity contribution < 1.29 is 13.9 Å². The number of alkyl halides is 1. The number of carbonyl (C=O) groups is 1. The predicted octanol–water partition coefficient (Wildman–Crippen LogP) is 3.05. The highest BCUT2D eigenvalue weighted by molar-refractivity contribution is 5.67. The van der Waals surface area contributed by atoms with E-state index in [9.17, 15) is 9.18 Å². The second-order valence-corrected chi connectivity index (χ2v) is 4.56. The van der Waals surface area contributed by atoms with Crippen LogP contribution in [0.15, 0.2) is 35.4 Å². The summed E-state index contributed by atoms with van der Waals surface area (Å²) in [7, 11) is 0. The van der Waals surface area contributed by atoms with Crippen LogP contribution in [0.1, 0.15) is 12.0 Å². The molecule has 1 saturated heterocycles. The van der Waals surface area contributed by atoms with Crippen molar-refractivity contribution in [3.63, 3.8) is 0 Å². The topological polar surface area (TPSA) is 78.3 Å². The number of carbonyl (C=O) groups excluding carboxylic acids is 1. The van der Waals surface area contributed by atoms with Gasteiger partial charge in [-0.2, -0.15) is 0 Å². The van der Waals surface area contributed by atoms with Crippen LogP contribution in [-0.2, 0) is 11.3 Å². The lowest BCUT2D eigenvalue weighted by atomic mass is 10.0. The number of likely N-dealkylation sites (tertiary alicyclic amines) is 1. The van der Waals surface area contributed by atoms with E-state index in [1.165, 1.54) is 4.90 Å². The number of ether oxygens (including phenoxy) is 1. The minimum atomic E-state index is -1.34. The molecule has 106 valence electrons. The summed E-state index contributed by atoms with van der Waals surface area (Å²) in [6.07, 6.45) is -1.58. The fourth-order valence-electron chi connectivity index (χ4n) is 2.07. The Hall–Kier alpha value is -2.27. The van der Waals surface area contributed by atoms with E-state index in [-0.39, 0.29) is 13.2 Å². The van der Waals surface area contributed by atoms with E-state index < -0.39 is 18.3 Å². The van der Waals surface area contributed by atoms with Gasteiger partial charge >= 0.3 is 6.09 Å². The summed E-state index contributed by atoms with van der Waals surface area (Å²) < 4.78 is 18.8. The molecule has 0 saturated carbocycles. The molecule has 1 aliphatic rings.